The molecule has 1 atom stereocenters. The van der Waals surface area contributed by atoms with Gasteiger partial charge in [-0.1, -0.05) is 13.8 Å². The summed E-state index contributed by atoms with van der Waals surface area (Å²) in [4.78, 5) is 33.0. The predicted molar refractivity (Wildman–Crippen MR) is 69.4 cm³/mol. The fourth-order valence-electron chi connectivity index (χ4n) is 1.06. The highest BCUT2D eigenvalue weighted by Crippen LogP contribution is 2.09. The summed E-state index contributed by atoms with van der Waals surface area (Å²) >= 11 is 1.67. The van der Waals surface area contributed by atoms with E-state index < -0.39 is 5.97 Å². The fraction of sp³-hybridized carbons (Fsp3) is 0.750. The number of thioether (sulfide) groups is 1. The van der Waals surface area contributed by atoms with Crippen molar-refractivity contribution < 1.29 is 23.9 Å². The summed E-state index contributed by atoms with van der Waals surface area (Å²) in [6, 6.07) is 0. The third kappa shape index (κ3) is 9.04. The van der Waals surface area contributed by atoms with Gasteiger partial charge in [0.25, 0.3) is 0 Å². The molecular formula is C12H20O5S. The van der Waals surface area contributed by atoms with Crippen molar-refractivity contribution in [2.24, 2.45) is 5.92 Å². The van der Waals surface area contributed by atoms with E-state index in [0.717, 1.165) is 11.5 Å². The zero-order chi connectivity index (χ0) is 14.0. The average molecular weight is 276 g/mol. The summed E-state index contributed by atoms with van der Waals surface area (Å²) in [5, 5.41) is 0. The van der Waals surface area contributed by atoms with Gasteiger partial charge >= 0.3 is 11.9 Å². The Kier molecular flexibility index (Phi) is 9.36. The lowest BCUT2D eigenvalue weighted by molar-refractivity contribution is -0.155. The molecule has 0 fully saturated rings. The number of Topliss-reactive ketones (excluding diaryl/α,β-unsaturated/α-hetero) is 1. The molecule has 104 valence electrons. The summed E-state index contributed by atoms with van der Waals surface area (Å²) in [7, 11) is 0. The minimum Gasteiger partial charge on any atom is -0.462 e. The number of rotatable bonds is 9. The molecule has 18 heavy (non-hydrogen) atoms. The van der Waals surface area contributed by atoms with Crippen LogP contribution in [0.5, 0.6) is 0 Å². The van der Waals surface area contributed by atoms with Crippen LogP contribution in [0.4, 0.5) is 0 Å². The lowest BCUT2D eigenvalue weighted by atomic mass is 10.2. The lowest BCUT2D eigenvalue weighted by Gasteiger charge is -2.10. The molecule has 0 rings (SSSR count). The van der Waals surface area contributed by atoms with Crippen LogP contribution < -0.4 is 0 Å². The molecule has 0 N–H and O–H groups in total. The standard InChI is InChI=1S/C12H20O5S/c1-4-18-8-9(2)12(15)17-6-5-16-11(14)7-10(3)13/h9H,4-8H2,1-3H3. The van der Waals surface area contributed by atoms with E-state index >= 15 is 0 Å². The molecular weight excluding hydrogens is 256 g/mol. The molecule has 0 aliphatic rings. The number of carbonyl (C=O) groups is 3. The molecule has 5 nitrogen and oxygen atoms in total. The molecule has 0 radical (unpaired) electrons. The Hall–Kier alpha value is -1.04. The molecule has 6 heteroatoms. The Labute approximate surface area is 112 Å². The third-order valence-electron chi connectivity index (χ3n) is 1.96. The summed E-state index contributed by atoms with van der Waals surface area (Å²) in [6.45, 7) is 5.16. The maximum absolute atomic E-state index is 11.4. The number of hydrogen-bond donors (Lipinski definition) is 0. The zero-order valence-corrected chi connectivity index (χ0v) is 11.9. The maximum Gasteiger partial charge on any atom is 0.313 e. The van der Waals surface area contributed by atoms with E-state index in [0.29, 0.717) is 0 Å². The Morgan fingerprint density at radius 2 is 1.78 bits per heavy atom. The molecule has 0 spiro atoms. The van der Waals surface area contributed by atoms with Crippen molar-refractivity contribution in [3.63, 3.8) is 0 Å². The number of carbonyl (C=O) groups excluding carboxylic acids is 3. The van der Waals surface area contributed by atoms with Crippen LogP contribution in [0.1, 0.15) is 27.2 Å². The van der Waals surface area contributed by atoms with Crippen LogP contribution in [0.2, 0.25) is 0 Å². The van der Waals surface area contributed by atoms with Gasteiger partial charge in [-0.25, -0.2) is 0 Å². The van der Waals surface area contributed by atoms with Crippen LogP contribution in [0.15, 0.2) is 0 Å². The van der Waals surface area contributed by atoms with Crippen molar-refractivity contribution in [3.05, 3.63) is 0 Å². The highest BCUT2D eigenvalue weighted by atomic mass is 32.2. The first-order valence-electron chi connectivity index (χ1n) is 5.86. The molecule has 1 unspecified atom stereocenters. The maximum atomic E-state index is 11.4. The molecule has 0 heterocycles. The van der Waals surface area contributed by atoms with Crippen molar-refractivity contribution in [1.82, 2.24) is 0 Å². The topological polar surface area (TPSA) is 69.7 Å². The normalized spacial score (nSPS) is 11.7. The molecule has 0 aromatic heterocycles. The van der Waals surface area contributed by atoms with Crippen LogP contribution >= 0.6 is 11.8 Å². The Bertz CT molecular complexity index is 290. The second-order valence-electron chi connectivity index (χ2n) is 3.83. The first-order valence-corrected chi connectivity index (χ1v) is 7.02. The quantitative estimate of drug-likeness (QED) is 0.360. The van der Waals surface area contributed by atoms with Crippen molar-refractivity contribution in [2.75, 3.05) is 24.7 Å². The smallest absolute Gasteiger partial charge is 0.313 e. The second-order valence-corrected chi connectivity index (χ2v) is 5.15. The van der Waals surface area contributed by atoms with Crippen LogP contribution in [0, 0.1) is 5.92 Å². The molecule has 0 aliphatic heterocycles. The Morgan fingerprint density at radius 3 is 2.33 bits per heavy atom. The van der Waals surface area contributed by atoms with Crippen LogP contribution in [-0.2, 0) is 23.9 Å². The van der Waals surface area contributed by atoms with E-state index in [1.165, 1.54) is 6.92 Å². The van der Waals surface area contributed by atoms with Crippen LogP contribution in [0.3, 0.4) is 0 Å². The van der Waals surface area contributed by atoms with E-state index in [1.807, 2.05) is 6.92 Å². The Balaban J connectivity index is 3.62. The van der Waals surface area contributed by atoms with Crippen molar-refractivity contribution >= 4 is 29.5 Å². The number of ketones is 1. The van der Waals surface area contributed by atoms with Crippen LogP contribution in [0.25, 0.3) is 0 Å². The van der Waals surface area contributed by atoms with E-state index in [9.17, 15) is 14.4 Å². The number of ether oxygens (including phenoxy) is 2. The fourth-order valence-corrected chi connectivity index (χ4v) is 1.78. The van der Waals surface area contributed by atoms with Crippen molar-refractivity contribution in [2.45, 2.75) is 27.2 Å². The van der Waals surface area contributed by atoms with Crippen molar-refractivity contribution in [1.29, 1.82) is 0 Å². The summed E-state index contributed by atoms with van der Waals surface area (Å²) in [5.41, 5.74) is 0. The molecule has 0 saturated carbocycles. The first kappa shape index (κ1) is 17.0. The minimum absolute atomic E-state index is 0.00844. The summed E-state index contributed by atoms with van der Waals surface area (Å²) in [5.74, 6) is 0.386. The van der Waals surface area contributed by atoms with Gasteiger partial charge in [-0.2, -0.15) is 11.8 Å². The lowest BCUT2D eigenvalue weighted by Crippen LogP contribution is -2.20. The minimum atomic E-state index is -0.590. The second kappa shape index (κ2) is 9.94. The van der Waals surface area contributed by atoms with Gasteiger partial charge in [-0.15, -0.1) is 0 Å². The van der Waals surface area contributed by atoms with Gasteiger partial charge in [0.1, 0.15) is 25.4 Å². The van der Waals surface area contributed by atoms with Gasteiger partial charge in [-0.05, 0) is 12.7 Å². The van der Waals surface area contributed by atoms with E-state index in [2.05, 4.69) is 0 Å². The SMILES string of the molecule is CCSCC(C)C(=O)OCCOC(=O)CC(C)=O. The molecule has 0 bridgehead atoms. The van der Waals surface area contributed by atoms with Crippen molar-refractivity contribution in [3.8, 4) is 0 Å². The number of esters is 2. The predicted octanol–water partition coefficient (Wildman–Crippen LogP) is 1.44. The monoisotopic (exact) mass is 276 g/mol. The van der Waals surface area contributed by atoms with E-state index in [4.69, 9.17) is 9.47 Å². The molecule has 0 aromatic rings. The summed E-state index contributed by atoms with van der Waals surface area (Å²) in [6.07, 6.45) is -0.239. The Morgan fingerprint density at radius 1 is 1.17 bits per heavy atom. The third-order valence-corrected chi connectivity index (χ3v) is 3.10. The van der Waals surface area contributed by atoms with E-state index in [-0.39, 0.29) is 37.3 Å². The molecule has 0 aromatic carbocycles. The highest BCUT2D eigenvalue weighted by molar-refractivity contribution is 7.99. The van der Waals surface area contributed by atoms with Gasteiger partial charge in [0, 0.05) is 5.75 Å². The number of hydrogen-bond acceptors (Lipinski definition) is 6. The average Bonchev–Trinajstić information content (AvgIpc) is 2.30. The zero-order valence-electron chi connectivity index (χ0n) is 11.1. The van der Waals surface area contributed by atoms with Gasteiger partial charge in [0.15, 0.2) is 0 Å². The largest absolute Gasteiger partial charge is 0.462 e. The first-order chi connectivity index (χ1) is 8.47. The van der Waals surface area contributed by atoms with Crippen LogP contribution in [-0.4, -0.2) is 42.4 Å². The van der Waals surface area contributed by atoms with Gasteiger partial charge < -0.3 is 9.47 Å². The van der Waals surface area contributed by atoms with Gasteiger partial charge in [0.05, 0.1) is 5.92 Å². The van der Waals surface area contributed by atoms with Gasteiger partial charge in [0.2, 0.25) is 0 Å². The highest BCUT2D eigenvalue weighted by Gasteiger charge is 2.14. The van der Waals surface area contributed by atoms with Gasteiger partial charge in [-0.3, -0.25) is 14.4 Å². The van der Waals surface area contributed by atoms with E-state index in [1.54, 1.807) is 18.7 Å². The molecule has 0 aliphatic carbocycles. The molecule has 0 saturated heterocycles. The molecule has 0 amide bonds. The summed E-state index contributed by atoms with van der Waals surface area (Å²) < 4.78 is 9.66.